The molecule has 3 heterocycles. The first-order valence-electron chi connectivity index (χ1n) is 12.3. The molecule has 1 aliphatic carbocycles. The van der Waals surface area contributed by atoms with Crippen molar-refractivity contribution in [1.82, 2.24) is 25.1 Å². The first kappa shape index (κ1) is 23.1. The van der Waals surface area contributed by atoms with Gasteiger partial charge in [-0.2, -0.15) is 5.10 Å². The normalized spacial score (nSPS) is 17.9. The molecular weight excluding hydrogens is 476 g/mol. The summed E-state index contributed by atoms with van der Waals surface area (Å²) in [5.74, 6) is -3.66. The molecule has 1 amide bonds. The maximum absolute atomic E-state index is 13.5. The molecule has 0 saturated heterocycles. The summed E-state index contributed by atoms with van der Waals surface area (Å²) < 4.78 is 29.1. The van der Waals surface area contributed by atoms with Crippen LogP contribution in [0, 0.1) is 17.6 Å². The van der Waals surface area contributed by atoms with E-state index in [1.807, 2.05) is 18.5 Å². The molecule has 188 valence electrons. The molecule has 3 aromatic heterocycles. The van der Waals surface area contributed by atoms with Crippen LogP contribution in [0.25, 0.3) is 33.1 Å². The Labute approximate surface area is 211 Å². The molecule has 0 spiro atoms. The minimum absolute atomic E-state index is 0.145. The topological polar surface area (TPSA) is 95.8 Å². The fourth-order valence-corrected chi connectivity index (χ4v) is 5.15. The Morgan fingerprint density at radius 2 is 1.81 bits per heavy atom. The van der Waals surface area contributed by atoms with Gasteiger partial charge in [-0.3, -0.25) is 9.48 Å². The number of hydrogen-bond donors (Lipinski definition) is 3. The van der Waals surface area contributed by atoms with Gasteiger partial charge in [0.05, 0.1) is 11.6 Å². The highest BCUT2D eigenvalue weighted by molar-refractivity contribution is 5.94. The smallest absolute Gasteiger partial charge is 0.251 e. The van der Waals surface area contributed by atoms with Gasteiger partial charge < -0.3 is 15.4 Å². The van der Waals surface area contributed by atoms with E-state index in [1.54, 1.807) is 0 Å². The number of fused-ring (bicyclic) bond motifs is 2. The molecule has 7 nitrogen and oxygen atoms in total. The number of H-pyrrole nitrogens is 1. The highest BCUT2D eigenvalue weighted by Crippen LogP contribution is 2.33. The Balaban J connectivity index is 1.08. The molecule has 37 heavy (non-hydrogen) atoms. The van der Waals surface area contributed by atoms with Crippen LogP contribution in [0.4, 0.5) is 8.78 Å². The lowest BCUT2D eigenvalue weighted by molar-refractivity contribution is 0.0940. The first-order valence-corrected chi connectivity index (χ1v) is 12.3. The Morgan fingerprint density at radius 1 is 1.03 bits per heavy atom. The predicted molar refractivity (Wildman–Crippen MR) is 136 cm³/mol. The van der Waals surface area contributed by atoms with Crippen LogP contribution < -0.4 is 5.32 Å². The molecule has 0 aliphatic heterocycles. The standard InChI is InChI=1S/C28H25F2N5O2/c29-23-10-20(11-24(30)26(23)36)28(37)33-13-16-1-5-22(6-2-16)35-15-19-4-3-17(12-25(19)34-35)21-9-18-7-8-31-27(18)32-14-21/h3-4,7-12,14-16,22,36H,1-2,5-6,13H2,(H,31,32)(H,33,37). The van der Waals surface area contributed by atoms with Crippen LogP contribution in [0.5, 0.6) is 5.75 Å². The summed E-state index contributed by atoms with van der Waals surface area (Å²) in [6, 6.07) is 12.4. The van der Waals surface area contributed by atoms with Crippen molar-refractivity contribution in [2.75, 3.05) is 6.54 Å². The largest absolute Gasteiger partial charge is 0.503 e. The molecule has 0 radical (unpaired) electrons. The second kappa shape index (κ2) is 9.31. The van der Waals surface area contributed by atoms with E-state index in [2.05, 4.69) is 50.4 Å². The fraction of sp³-hybridized carbons (Fsp3) is 0.250. The van der Waals surface area contributed by atoms with E-state index < -0.39 is 23.3 Å². The van der Waals surface area contributed by atoms with Gasteiger partial charge in [0.2, 0.25) is 0 Å². The van der Waals surface area contributed by atoms with Gasteiger partial charge >= 0.3 is 0 Å². The van der Waals surface area contributed by atoms with Gasteiger partial charge in [0.1, 0.15) is 5.65 Å². The molecule has 0 bridgehead atoms. The molecule has 1 fully saturated rings. The number of carbonyl (C=O) groups excluding carboxylic acids is 1. The van der Waals surface area contributed by atoms with Crippen LogP contribution in [0.2, 0.25) is 0 Å². The lowest BCUT2D eigenvalue weighted by Gasteiger charge is -2.28. The molecule has 0 atom stereocenters. The van der Waals surface area contributed by atoms with Crippen molar-refractivity contribution in [3.63, 3.8) is 0 Å². The number of amides is 1. The minimum atomic E-state index is -1.15. The molecule has 9 heteroatoms. The average Bonchev–Trinajstić information content (AvgIpc) is 3.56. The van der Waals surface area contributed by atoms with Crippen LogP contribution in [-0.4, -0.2) is 37.3 Å². The molecule has 6 rings (SSSR count). The zero-order chi connectivity index (χ0) is 25.5. The van der Waals surface area contributed by atoms with Crippen molar-refractivity contribution < 1.29 is 18.7 Å². The number of aromatic nitrogens is 4. The Bertz CT molecular complexity index is 1590. The second-order valence-electron chi connectivity index (χ2n) is 9.70. The molecule has 3 N–H and O–H groups in total. The number of carbonyl (C=O) groups is 1. The van der Waals surface area contributed by atoms with Gasteiger partial charge in [0.25, 0.3) is 5.91 Å². The Hall–Kier alpha value is -4.27. The predicted octanol–water partition coefficient (Wildman–Crippen LogP) is 5.72. The number of rotatable bonds is 5. The van der Waals surface area contributed by atoms with Crippen molar-refractivity contribution in [1.29, 1.82) is 0 Å². The maximum atomic E-state index is 13.5. The van der Waals surface area contributed by atoms with Crippen molar-refractivity contribution in [2.45, 2.75) is 31.7 Å². The monoisotopic (exact) mass is 501 g/mol. The first-order chi connectivity index (χ1) is 17.9. The van der Waals surface area contributed by atoms with Gasteiger partial charge in [-0.15, -0.1) is 0 Å². The summed E-state index contributed by atoms with van der Waals surface area (Å²) in [5.41, 5.74) is 3.78. The van der Waals surface area contributed by atoms with Crippen LogP contribution in [0.3, 0.4) is 0 Å². The number of nitrogens with zero attached hydrogens (tertiary/aromatic N) is 3. The Morgan fingerprint density at radius 3 is 2.59 bits per heavy atom. The third-order valence-corrected chi connectivity index (χ3v) is 7.28. The van der Waals surface area contributed by atoms with Gasteiger partial charge in [0.15, 0.2) is 17.4 Å². The number of pyridine rings is 1. The molecule has 0 unspecified atom stereocenters. The molecule has 1 aliphatic rings. The van der Waals surface area contributed by atoms with E-state index >= 15 is 0 Å². The highest BCUT2D eigenvalue weighted by Gasteiger charge is 2.24. The van der Waals surface area contributed by atoms with E-state index in [-0.39, 0.29) is 17.5 Å². The molecule has 5 aromatic rings. The van der Waals surface area contributed by atoms with Crippen molar-refractivity contribution in [2.24, 2.45) is 5.92 Å². The quantitative estimate of drug-likeness (QED) is 0.287. The van der Waals surface area contributed by atoms with Gasteiger partial charge in [-0.05, 0) is 67.5 Å². The molecular formula is C28H25F2N5O2. The number of benzene rings is 2. The SMILES string of the molecule is O=C(NCC1CCC(n2cc3ccc(-c4cnc5[nH]ccc5c4)cc3n2)CC1)c1cc(F)c(O)c(F)c1. The summed E-state index contributed by atoms with van der Waals surface area (Å²) in [4.78, 5) is 19.9. The zero-order valence-corrected chi connectivity index (χ0v) is 19.9. The molecule has 2 aromatic carbocycles. The highest BCUT2D eigenvalue weighted by atomic mass is 19.1. The number of phenols is 1. The van der Waals surface area contributed by atoms with Gasteiger partial charge in [-0.1, -0.05) is 12.1 Å². The van der Waals surface area contributed by atoms with Crippen LogP contribution in [0.1, 0.15) is 42.1 Å². The second-order valence-corrected chi connectivity index (χ2v) is 9.70. The van der Waals surface area contributed by atoms with Crippen molar-refractivity contribution in [3.8, 4) is 16.9 Å². The zero-order valence-electron chi connectivity index (χ0n) is 19.9. The van der Waals surface area contributed by atoms with Crippen molar-refractivity contribution >= 4 is 27.8 Å². The minimum Gasteiger partial charge on any atom is -0.503 e. The third-order valence-electron chi connectivity index (χ3n) is 7.28. The van der Waals surface area contributed by atoms with E-state index in [0.717, 1.165) is 70.9 Å². The van der Waals surface area contributed by atoms with Crippen molar-refractivity contribution in [3.05, 3.63) is 78.3 Å². The number of aromatic amines is 1. The van der Waals surface area contributed by atoms with Gasteiger partial charge in [0, 0.05) is 47.0 Å². The number of halogens is 2. The van der Waals surface area contributed by atoms with E-state index in [4.69, 9.17) is 5.10 Å². The van der Waals surface area contributed by atoms with E-state index in [1.165, 1.54) is 0 Å². The number of hydrogen-bond acceptors (Lipinski definition) is 4. The average molecular weight is 502 g/mol. The summed E-state index contributed by atoms with van der Waals surface area (Å²) >= 11 is 0. The third kappa shape index (κ3) is 4.52. The fourth-order valence-electron chi connectivity index (χ4n) is 5.15. The summed E-state index contributed by atoms with van der Waals surface area (Å²) in [5, 5.41) is 19.0. The van der Waals surface area contributed by atoms with Crippen LogP contribution >= 0.6 is 0 Å². The summed E-state index contributed by atoms with van der Waals surface area (Å²) in [6.07, 6.45) is 9.52. The van der Waals surface area contributed by atoms with Crippen LogP contribution in [-0.2, 0) is 0 Å². The summed E-state index contributed by atoms with van der Waals surface area (Å²) in [6.45, 7) is 0.430. The Kier molecular flexibility index (Phi) is 5.82. The summed E-state index contributed by atoms with van der Waals surface area (Å²) in [7, 11) is 0. The number of phenolic OH excluding ortho intramolecular Hbond substituents is 1. The maximum Gasteiger partial charge on any atom is 0.251 e. The van der Waals surface area contributed by atoms with E-state index in [0.29, 0.717) is 6.54 Å². The van der Waals surface area contributed by atoms with Gasteiger partial charge in [-0.25, -0.2) is 13.8 Å². The number of aromatic hydroxyl groups is 1. The molecule has 1 saturated carbocycles. The lowest BCUT2D eigenvalue weighted by atomic mass is 9.86. The van der Waals surface area contributed by atoms with Crippen LogP contribution in [0.15, 0.2) is 61.1 Å². The number of nitrogens with one attached hydrogen (secondary N) is 2. The lowest BCUT2D eigenvalue weighted by Crippen LogP contribution is -2.31. The van der Waals surface area contributed by atoms with E-state index in [9.17, 15) is 18.7 Å².